The summed E-state index contributed by atoms with van der Waals surface area (Å²) in [7, 11) is 2.06. The number of anilines is 2. The minimum absolute atomic E-state index is 0.0520. The Morgan fingerprint density at radius 1 is 1.15 bits per heavy atom. The van der Waals surface area contributed by atoms with Crippen molar-refractivity contribution in [2.45, 2.75) is 13.3 Å². The van der Waals surface area contributed by atoms with E-state index >= 15 is 0 Å². The molecule has 0 spiro atoms. The molecule has 0 fully saturated rings. The Bertz CT molecular complexity index is 552. The Morgan fingerprint density at radius 3 is 2.40 bits per heavy atom. The van der Waals surface area contributed by atoms with Crippen LogP contribution in [0.2, 0.25) is 0 Å². The summed E-state index contributed by atoms with van der Waals surface area (Å²) in [5.41, 5.74) is 3.23. The number of hydrogen-bond acceptors (Lipinski definition) is 3. The highest BCUT2D eigenvalue weighted by molar-refractivity contribution is 5.88. The second-order valence-corrected chi connectivity index (χ2v) is 4.76. The third kappa shape index (κ3) is 4.09. The molecule has 0 saturated heterocycles. The first-order chi connectivity index (χ1) is 9.65. The topological polar surface area (TPSA) is 45.2 Å². The minimum atomic E-state index is -0.0520. The second-order valence-electron chi connectivity index (χ2n) is 4.76. The maximum absolute atomic E-state index is 11.0. The summed E-state index contributed by atoms with van der Waals surface area (Å²) in [4.78, 5) is 17.2. The summed E-state index contributed by atoms with van der Waals surface area (Å²) in [6.45, 7) is 2.44. The number of amides is 1. The van der Waals surface area contributed by atoms with Crippen molar-refractivity contribution in [1.82, 2.24) is 4.98 Å². The highest BCUT2D eigenvalue weighted by atomic mass is 16.1. The van der Waals surface area contributed by atoms with E-state index in [1.165, 1.54) is 12.5 Å². The van der Waals surface area contributed by atoms with Gasteiger partial charge in [-0.3, -0.25) is 9.78 Å². The molecule has 104 valence electrons. The summed E-state index contributed by atoms with van der Waals surface area (Å²) < 4.78 is 0. The van der Waals surface area contributed by atoms with Gasteiger partial charge in [-0.2, -0.15) is 0 Å². The molecule has 1 amide bonds. The van der Waals surface area contributed by atoms with E-state index in [4.69, 9.17) is 0 Å². The van der Waals surface area contributed by atoms with Gasteiger partial charge in [0.15, 0.2) is 0 Å². The van der Waals surface area contributed by atoms with Gasteiger partial charge in [-0.1, -0.05) is 0 Å². The first-order valence-corrected chi connectivity index (χ1v) is 6.63. The van der Waals surface area contributed by atoms with Crippen LogP contribution in [0.1, 0.15) is 12.5 Å². The number of nitrogens with zero attached hydrogens (tertiary/aromatic N) is 2. The molecule has 0 radical (unpaired) electrons. The van der Waals surface area contributed by atoms with Gasteiger partial charge in [-0.25, -0.2) is 0 Å². The highest BCUT2D eigenvalue weighted by Crippen LogP contribution is 2.17. The quantitative estimate of drug-likeness (QED) is 0.907. The Kier molecular flexibility index (Phi) is 4.71. The molecule has 2 rings (SSSR count). The van der Waals surface area contributed by atoms with Gasteiger partial charge < -0.3 is 10.2 Å². The number of nitrogens with one attached hydrogen (secondary N) is 1. The van der Waals surface area contributed by atoms with Crippen LogP contribution in [0.3, 0.4) is 0 Å². The zero-order valence-electron chi connectivity index (χ0n) is 11.8. The largest absolute Gasteiger partial charge is 0.374 e. The number of hydrogen-bond donors (Lipinski definition) is 1. The lowest BCUT2D eigenvalue weighted by molar-refractivity contribution is -0.114. The van der Waals surface area contributed by atoms with Crippen LogP contribution in [-0.4, -0.2) is 24.5 Å². The summed E-state index contributed by atoms with van der Waals surface area (Å²) >= 11 is 0. The van der Waals surface area contributed by atoms with Crippen LogP contribution >= 0.6 is 0 Å². The van der Waals surface area contributed by atoms with Gasteiger partial charge in [0.25, 0.3) is 0 Å². The molecule has 4 heteroatoms. The molecule has 4 nitrogen and oxygen atoms in total. The lowest BCUT2D eigenvalue weighted by Crippen LogP contribution is -2.20. The molecule has 1 aromatic carbocycles. The van der Waals surface area contributed by atoms with Crippen molar-refractivity contribution < 1.29 is 4.79 Å². The first-order valence-electron chi connectivity index (χ1n) is 6.63. The van der Waals surface area contributed by atoms with E-state index in [2.05, 4.69) is 22.2 Å². The van der Waals surface area contributed by atoms with Crippen LogP contribution in [0.4, 0.5) is 11.4 Å². The fourth-order valence-electron chi connectivity index (χ4n) is 1.98. The van der Waals surface area contributed by atoms with Gasteiger partial charge in [-0.15, -0.1) is 0 Å². The zero-order valence-corrected chi connectivity index (χ0v) is 11.8. The fourth-order valence-corrected chi connectivity index (χ4v) is 1.98. The monoisotopic (exact) mass is 269 g/mol. The van der Waals surface area contributed by atoms with Crippen LogP contribution in [0.25, 0.3) is 0 Å². The molecule has 0 unspecified atom stereocenters. The van der Waals surface area contributed by atoms with E-state index in [9.17, 15) is 4.79 Å². The van der Waals surface area contributed by atoms with Gasteiger partial charge >= 0.3 is 0 Å². The van der Waals surface area contributed by atoms with Crippen molar-refractivity contribution in [2.24, 2.45) is 0 Å². The van der Waals surface area contributed by atoms with Crippen molar-refractivity contribution in [3.8, 4) is 0 Å². The average Bonchev–Trinajstić information content (AvgIpc) is 2.46. The Hall–Kier alpha value is -2.36. The molecule has 0 aliphatic rings. The minimum Gasteiger partial charge on any atom is -0.374 e. The van der Waals surface area contributed by atoms with Crippen LogP contribution in [0.5, 0.6) is 0 Å². The molecule has 20 heavy (non-hydrogen) atoms. The van der Waals surface area contributed by atoms with E-state index < -0.39 is 0 Å². The maximum atomic E-state index is 11.0. The van der Waals surface area contributed by atoms with E-state index in [-0.39, 0.29) is 5.91 Å². The van der Waals surface area contributed by atoms with Crippen molar-refractivity contribution in [1.29, 1.82) is 0 Å². The highest BCUT2D eigenvalue weighted by Gasteiger charge is 2.02. The molecule has 0 bridgehead atoms. The molecule has 0 aliphatic carbocycles. The van der Waals surface area contributed by atoms with Crippen LogP contribution < -0.4 is 10.2 Å². The van der Waals surface area contributed by atoms with Gasteiger partial charge in [-0.05, 0) is 48.4 Å². The number of pyridine rings is 1. The van der Waals surface area contributed by atoms with Gasteiger partial charge in [0.05, 0.1) is 0 Å². The molecular weight excluding hydrogens is 250 g/mol. The molecule has 0 atom stereocenters. The fraction of sp³-hybridized carbons (Fsp3) is 0.250. The van der Waals surface area contributed by atoms with Crippen molar-refractivity contribution in [2.75, 3.05) is 23.8 Å². The SMILES string of the molecule is CC(=O)Nc1ccc(N(C)CCc2ccncc2)cc1. The number of carbonyl (C=O) groups excluding carboxylic acids is 1. The second kappa shape index (κ2) is 6.70. The smallest absolute Gasteiger partial charge is 0.221 e. The van der Waals surface area contributed by atoms with E-state index in [0.29, 0.717) is 0 Å². The molecule has 0 saturated carbocycles. The number of carbonyl (C=O) groups is 1. The van der Waals surface area contributed by atoms with Crippen LogP contribution in [-0.2, 0) is 11.2 Å². The van der Waals surface area contributed by atoms with Crippen molar-refractivity contribution in [3.05, 3.63) is 54.4 Å². The van der Waals surface area contributed by atoms with Crippen molar-refractivity contribution in [3.63, 3.8) is 0 Å². The van der Waals surface area contributed by atoms with Crippen LogP contribution in [0.15, 0.2) is 48.8 Å². The van der Waals surface area contributed by atoms with Gasteiger partial charge in [0.1, 0.15) is 0 Å². The summed E-state index contributed by atoms with van der Waals surface area (Å²) in [5.74, 6) is -0.0520. The first kappa shape index (κ1) is 14.1. The molecule has 1 heterocycles. The zero-order chi connectivity index (χ0) is 14.4. The van der Waals surface area contributed by atoms with E-state index in [1.807, 2.05) is 48.8 Å². The summed E-state index contributed by atoms with van der Waals surface area (Å²) in [5, 5.41) is 2.76. The lowest BCUT2D eigenvalue weighted by atomic mass is 10.2. The Labute approximate surface area is 119 Å². The Morgan fingerprint density at radius 2 is 1.80 bits per heavy atom. The molecule has 2 aromatic rings. The number of rotatable bonds is 5. The third-order valence-electron chi connectivity index (χ3n) is 3.11. The maximum Gasteiger partial charge on any atom is 0.221 e. The summed E-state index contributed by atoms with van der Waals surface area (Å²) in [6, 6.07) is 11.9. The molecule has 1 aromatic heterocycles. The predicted octanol–water partition coefficient (Wildman–Crippen LogP) is 2.72. The molecule has 0 aliphatic heterocycles. The van der Waals surface area contributed by atoms with Gasteiger partial charge in [0, 0.05) is 44.3 Å². The number of aromatic nitrogens is 1. The number of likely N-dealkylation sites (N-methyl/N-ethyl adjacent to an activating group) is 1. The van der Waals surface area contributed by atoms with Crippen molar-refractivity contribution >= 4 is 17.3 Å². The predicted molar refractivity (Wildman–Crippen MR) is 82.0 cm³/mol. The lowest BCUT2D eigenvalue weighted by Gasteiger charge is -2.19. The standard InChI is InChI=1S/C16H19N3O/c1-13(20)18-15-3-5-16(6-4-15)19(2)12-9-14-7-10-17-11-8-14/h3-8,10-11H,9,12H2,1-2H3,(H,18,20). The third-order valence-corrected chi connectivity index (χ3v) is 3.11. The molecular formula is C16H19N3O. The van der Waals surface area contributed by atoms with E-state index in [0.717, 1.165) is 24.3 Å². The summed E-state index contributed by atoms with van der Waals surface area (Å²) in [6.07, 6.45) is 4.61. The van der Waals surface area contributed by atoms with Gasteiger partial charge in [0.2, 0.25) is 5.91 Å². The average molecular weight is 269 g/mol. The number of benzene rings is 1. The normalized spacial score (nSPS) is 10.1. The van der Waals surface area contributed by atoms with Crippen LogP contribution in [0, 0.1) is 0 Å². The van der Waals surface area contributed by atoms with E-state index in [1.54, 1.807) is 0 Å². The Balaban J connectivity index is 1.92. The molecule has 1 N–H and O–H groups in total.